The fourth-order valence-electron chi connectivity index (χ4n) is 2.22. The van der Waals surface area contributed by atoms with Gasteiger partial charge in [-0.3, -0.25) is 0 Å². The lowest BCUT2D eigenvalue weighted by molar-refractivity contribution is 0.224. The molecule has 0 saturated carbocycles. The highest BCUT2D eigenvalue weighted by atomic mass is 16.5. The van der Waals surface area contributed by atoms with E-state index in [1.54, 1.807) is 7.11 Å². The zero-order valence-corrected chi connectivity index (χ0v) is 13.6. The van der Waals surface area contributed by atoms with Crippen LogP contribution in [0.15, 0.2) is 24.3 Å². The maximum absolute atomic E-state index is 5.24. The molecule has 0 spiro atoms. The van der Waals surface area contributed by atoms with E-state index >= 15 is 0 Å². The van der Waals surface area contributed by atoms with E-state index in [0.717, 1.165) is 25.3 Å². The largest absolute Gasteiger partial charge is 0.497 e. The molecule has 114 valence electrons. The van der Waals surface area contributed by atoms with Crippen LogP contribution in [0.5, 0.6) is 5.75 Å². The summed E-state index contributed by atoms with van der Waals surface area (Å²) < 4.78 is 5.24. The molecule has 0 heterocycles. The highest BCUT2D eigenvalue weighted by Gasteiger charge is 2.16. The van der Waals surface area contributed by atoms with E-state index in [2.05, 4.69) is 50.2 Å². The summed E-state index contributed by atoms with van der Waals surface area (Å²) in [5.74, 6) is 0.915. The molecule has 0 aliphatic rings. The van der Waals surface area contributed by atoms with Crippen molar-refractivity contribution < 1.29 is 4.74 Å². The molecule has 1 aromatic rings. The molecule has 3 heteroatoms. The number of nitrogens with one attached hydrogen (secondary N) is 1. The van der Waals surface area contributed by atoms with Crippen molar-refractivity contribution in [3.63, 3.8) is 0 Å². The van der Waals surface area contributed by atoms with Crippen LogP contribution in [-0.2, 0) is 0 Å². The fraction of sp³-hybridized carbons (Fsp3) is 0.647. The minimum atomic E-state index is 0.375. The molecular formula is C17H30N2O. The van der Waals surface area contributed by atoms with Gasteiger partial charge in [-0.25, -0.2) is 0 Å². The van der Waals surface area contributed by atoms with Gasteiger partial charge in [-0.2, -0.15) is 0 Å². The van der Waals surface area contributed by atoms with Gasteiger partial charge in [0.2, 0.25) is 0 Å². The number of methoxy groups -OCH3 is 1. The van der Waals surface area contributed by atoms with Crippen LogP contribution in [0.3, 0.4) is 0 Å². The summed E-state index contributed by atoms with van der Waals surface area (Å²) in [5.41, 5.74) is 1.33. The average Bonchev–Trinajstić information content (AvgIpc) is 2.50. The Morgan fingerprint density at radius 3 is 2.35 bits per heavy atom. The second-order valence-electron chi connectivity index (χ2n) is 5.48. The van der Waals surface area contributed by atoms with Crippen molar-refractivity contribution in [2.24, 2.45) is 0 Å². The van der Waals surface area contributed by atoms with Gasteiger partial charge in [-0.05, 0) is 51.1 Å². The van der Waals surface area contributed by atoms with E-state index in [1.807, 2.05) is 12.1 Å². The zero-order valence-electron chi connectivity index (χ0n) is 13.6. The second-order valence-corrected chi connectivity index (χ2v) is 5.48. The van der Waals surface area contributed by atoms with Crippen molar-refractivity contribution in [2.45, 2.75) is 45.7 Å². The molecule has 1 aromatic carbocycles. The average molecular weight is 278 g/mol. The molecule has 0 aliphatic carbocycles. The van der Waals surface area contributed by atoms with Crippen molar-refractivity contribution in [3.8, 4) is 5.75 Å². The molecule has 3 nitrogen and oxygen atoms in total. The summed E-state index contributed by atoms with van der Waals surface area (Å²) in [6.45, 7) is 8.80. The number of hydrogen-bond acceptors (Lipinski definition) is 3. The first kappa shape index (κ1) is 17.0. The summed E-state index contributed by atoms with van der Waals surface area (Å²) in [7, 11) is 3.91. The Kier molecular flexibility index (Phi) is 7.63. The first-order valence-electron chi connectivity index (χ1n) is 7.69. The van der Waals surface area contributed by atoms with E-state index in [-0.39, 0.29) is 0 Å². The summed E-state index contributed by atoms with van der Waals surface area (Å²) in [6, 6.07) is 9.39. The number of nitrogens with zero attached hydrogens (tertiary/aromatic N) is 1. The highest BCUT2D eigenvalue weighted by Crippen LogP contribution is 2.19. The minimum absolute atomic E-state index is 0.375. The molecule has 0 aromatic heterocycles. The van der Waals surface area contributed by atoms with Crippen molar-refractivity contribution in [1.29, 1.82) is 0 Å². The topological polar surface area (TPSA) is 24.5 Å². The Labute approximate surface area is 124 Å². The van der Waals surface area contributed by atoms with Crippen LogP contribution >= 0.6 is 0 Å². The number of rotatable bonds is 9. The Morgan fingerprint density at radius 2 is 1.85 bits per heavy atom. The number of ether oxygens (including phenoxy) is 1. The maximum Gasteiger partial charge on any atom is 0.118 e. The third-order valence-corrected chi connectivity index (χ3v) is 3.97. The molecule has 0 fully saturated rings. The van der Waals surface area contributed by atoms with Gasteiger partial charge in [0.05, 0.1) is 7.11 Å². The molecule has 0 radical (unpaired) electrons. The zero-order chi connectivity index (χ0) is 15.0. The van der Waals surface area contributed by atoms with Crippen molar-refractivity contribution in [2.75, 3.05) is 27.2 Å². The van der Waals surface area contributed by atoms with Gasteiger partial charge in [-0.15, -0.1) is 0 Å². The van der Waals surface area contributed by atoms with Crippen LogP contribution in [0.25, 0.3) is 0 Å². The summed E-state index contributed by atoms with van der Waals surface area (Å²) in [4.78, 5) is 2.43. The van der Waals surface area contributed by atoms with Crippen molar-refractivity contribution >= 4 is 0 Å². The van der Waals surface area contributed by atoms with E-state index in [9.17, 15) is 0 Å². The lowest BCUT2D eigenvalue weighted by Gasteiger charge is -2.29. The molecule has 1 rings (SSSR count). The van der Waals surface area contributed by atoms with E-state index in [1.165, 1.54) is 12.0 Å². The SMILES string of the molecule is CCCNC(CN(C)C(C)CC)c1ccc(OC)cc1. The summed E-state index contributed by atoms with van der Waals surface area (Å²) in [6.07, 6.45) is 2.33. The summed E-state index contributed by atoms with van der Waals surface area (Å²) >= 11 is 0. The molecular weight excluding hydrogens is 248 g/mol. The molecule has 0 bridgehead atoms. The van der Waals surface area contributed by atoms with Crippen LogP contribution in [0, 0.1) is 0 Å². The molecule has 2 atom stereocenters. The molecule has 0 aliphatic heterocycles. The third kappa shape index (κ3) is 5.14. The van der Waals surface area contributed by atoms with Gasteiger partial charge in [0.1, 0.15) is 5.75 Å². The Balaban J connectivity index is 2.76. The normalized spacial score (nSPS) is 14.3. The Bertz CT molecular complexity index is 364. The van der Waals surface area contributed by atoms with Crippen LogP contribution in [0.1, 0.15) is 45.2 Å². The molecule has 0 amide bonds. The smallest absolute Gasteiger partial charge is 0.118 e. The van der Waals surface area contributed by atoms with Crippen LogP contribution < -0.4 is 10.1 Å². The Hall–Kier alpha value is -1.06. The quantitative estimate of drug-likeness (QED) is 0.748. The van der Waals surface area contributed by atoms with Gasteiger partial charge in [0.15, 0.2) is 0 Å². The van der Waals surface area contributed by atoms with E-state index in [0.29, 0.717) is 12.1 Å². The maximum atomic E-state index is 5.24. The van der Waals surface area contributed by atoms with Crippen LogP contribution in [0.4, 0.5) is 0 Å². The van der Waals surface area contributed by atoms with Crippen molar-refractivity contribution in [1.82, 2.24) is 10.2 Å². The highest BCUT2D eigenvalue weighted by molar-refractivity contribution is 5.29. The lowest BCUT2D eigenvalue weighted by Crippen LogP contribution is -2.37. The van der Waals surface area contributed by atoms with Gasteiger partial charge < -0.3 is 15.0 Å². The fourth-order valence-corrected chi connectivity index (χ4v) is 2.22. The van der Waals surface area contributed by atoms with E-state index in [4.69, 9.17) is 4.74 Å². The van der Waals surface area contributed by atoms with E-state index < -0.39 is 0 Å². The predicted octanol–water partition coefficient (Wildman–Crippen LogP) is 3.47. The van der Waals surface area contributed by atoms with Crippen LogP contribution in [-0.4, -0.2) is 38.2 Å². The number of benzene rings is 1. The standard InChI is InChI=1S/C17H30N2O/c1-6-12-18-17(13-19(4)14(3)7-2)15-8-10-16(20-5)11-9-15/h8-11,14,17-18H,6-7,12-13H2,1-5H3. The lowest BCUT2D eigenvalue weighted by atomic mass is 10.0. The van der Waals surface area contributed by atoms with Gasteiger partial charge >= 0.3 is 0 Å². The van der Waals surface area contributed by atoms with Crippen LogP contribution in [0.2, 0.25) is 0 Å². The third-order valence-electron chi connectivity index (χ3n) is 3.97. The molecule has 2 unspecified atom stereocenters. The molecule has 20 heavy (non-hydrogen) atoms. The van der Waals surface area contributed by atoms with Crippen molar-refractivity contribution in [3.05, 3.63) is 29.8 Å². The minimum Gasteiger partial charge on any atom is -0.497 e. The first-order valence-corrected chi connectivity index (χ1v) is 7.69. The monoisotopic (exact) mass is 278 g/mol. The first-order chi connectivity index (χ1) is 9.62. The summed E-state index contributed by atoms with van der Waals surface area (Å²) in [5, 5.41) is 3.65. The van der Waals surface area contributed by atoms with Gasteiger partial charge in [0, 0.05) is 18.6 Å². The second kappa shape index (κ2) is 8.98. The predicted molar refractivity (Wildman–Crippen MR) is 86.4 cm³/mol. The Morgan fingerprint density at radius 1 is 1.20 bits per heavy atom. The van der Waals surface area contributed by atoms with Gasteiger partial charge in [0.25, 0.3) is 0 Å². The number of likely N-dealkylation sites (N-methyl/N-ethyl adjacent to an activating group) is 1. The molecule has 1 N–H and O–H groups in total. The number of hydrogen-bond donors (Lipinski definition) is 1. The molecule has 0 saturated heterocycles. The van der Waals surface area contributed by atoms with Gasteiger partial charge in [-0.1, -0.05) is 26.0 Å².